The summed E-state index contributed by atoms with van der Waals surface area (Å²) in [6.45, 7) is 5.93. The Morgan fingerprint density at radius 1 is 0.839 bits per heavy atom. The maximum atomic E-state index is 5.29. The molecule has 2 N–H and O–H groups in total. The Bertz CT molecular complexity index is 943. The summed E-state index contributed by atoms with van der Waals surface area (Å²) in [5.41, 5.74) is 3.97. The molecule has 0 radical (unpaired) electrons. The van der Waals surface area contributed by atoms with E-state index in [1.165, 1.54) is 11.1 Å². The summed E-state index contributed by atoms with van der Waals surface area (Å²) in [6, 6.07) is 12.5. The van der Waals surface area contributed by atoms with Gasteiger partial charge in [-0.05, 0) is 35.2 Å². The minimum Gasteiger partial charge on any atom is -0.493 e. The van der Waals surface area contributed by atoms with Crippen molar-refractivity contribution in [1.82, 2.24) is 10.6 Å². The largest absolute Gasteiger partial charge is 0.493 e. The van der Waals surface area contributed by atoms with E-state index in [4.69, 9.17) is 9.47 Å². The quantitative estimate of drug-likeness (QED) is 0.624. The third kappa shape index (κ3) is 6.47. The number of amidine groups is 2. The van der Waals surface area contributed by atoms with Crippen LogP contribution in [0.4, 0.5) is 0 Å². The van der Waals surface area contributed by atoms with Gasteiger partial charge in [-0.25, -0.2) is 0 Å². The van der Waals surface area contributed by atoms with Crippen LogP contribution < -0.4 is 20.1 Å². The standard InChI is InChI=1S/C12H15BrN2O2.C12H16N2/c1-16-10-5-8(6-12-14-3-4-15-12)9(13)7-11(10)17-2;1-2-10-5-3-4-6-11(10)9-12-13-7-8-14-12/h5,7H,3-4,6H2,1-2H3,(H,14,15);3-6H,2,7-9H2,1H3,(H,13,14). The molecule has 2 heterocycles. The van der Waals surface area contributed by atoms with E-state index in [0.29, 0.717) is 0 Å². The van der Waals surface area contributed by atoms with E-state index in [0.717, 1.165) is 78.6 Å². The number of nitrogens with one attached hydrogen (secondary N) is 2. The van der Waals surface area contributed by atoms with Gasteiger partial charge in [0.15, 0.2) is 11.5 Å². The zero-order valence-electron chi connectivity index (χ0n) is 18.5. The van der Waals surface area contributed by atoms with E-state index in [2.05, 4.69) is 67.7 Å². The van der Waals surface area contributed by atoms with Gasteiger partial charge in [-0.3, -0.25) is 9.98 Å². The van der Waals surface area contributed by atoms with Crippen LogP contribution in [0.2, 0.25) is 0 Å². The van der Waals surface area contributed by atoms with E-state index < -0.39 is 0 Å². The first kappa shape index (κ1) is 23.1. The number of hydrogen-bond acceptors (Lipinski definition) is 6. The number of nitrogens with zero attached hydrogens (tertiary/aromatic N) is 2. The van der Waals surface area contributed by atoms with Crippen LogP contribution in [-0.2, 0) is 19.3 Å². The third-order valence-electron chi connectivity index (χ3n) is 5.25. The lowest BCUT2D eigenvalue weighted by molar-refractivity contribution is 0.354. The first-order valence-corrected chi connectivity index (χ1v) is 11.5. The van der Waals surface area contributed by atoms with Crippen molar-refractivity contribution >= 4 is 27.6 Å². The van der Waals surface area contributed by atoms with Gasteiger partial charge < -0.3 is 20.1 Å². The number of rotatable bonds is 7. The summed E-state index contributed by atoms with van der Waals surface area (Å²) < 4.78 is 11.5. The normalized spacial score (nSPS) is 14.6. The van der Waals surface area contributed by atoms with Crippen molar-refractivity contribution in [2.45, 2.75) is 26.2 Å². The Kier molecular flexibility index (Phi) is 8.76. The molecule has 2 aromatic carbocycles. The molecule has 0 spiro atoms. The molecule has 6 nitrogen and oxygen atoms in total. The highest BCUT2D eigenvalue weighted by Gasteiger charge is 2.13. The monoisotopic (exact) mass is 486 g/mol. The molecule has 166 valence electrons. The topological polar surface area (TPSA) is 67.2 Å². The van der Waals surface area contributed by atoms with E-state index >= 15 is 0 Å². The van der Waals surface area contributed by atoms with Crippen molar-refractivity contribution in [1.29, 1.82) is 0 Å². The van der Waals surface area contributed by atoms with E-state index in [9.17, 15) is 0 Å². The molecule has 0 fully saturated rings. The van der Waals surface area contributed by atoms with Crippen molar-refractivity contribution in [2.75, 3.05) is 40.4 Å². The fraction of sp³-hybridized carbons (Fsp3) is 0.417. The number of methoxy groups -OCH3 is 2. The average molecular weight is 487 g/mol. The van der Waals surface area contributed by atoms with Crippen molar-refractivity contribution in [3.63, 3.8) is 0 Å². The molecule has 7 heteroatoms. The van der Waals surface area contributed by atoms with Gasteiger partial charge in [-0.1, -0.05) is 47.1 Å². The number of aliphatic imine (C=N–C) groups is 2. The number of halogens is 1. The van der Waals surface area contributed by atoms with Gasteiger partial charge in [-0.15, -0.1) is 0 Å². The smallest absolute Gasteiger partial charge is 0.161 e. The van der Waals surface area contributed by atoms with Gasteiger partial charge in [0.2, 0.25) is 0 Å². The number of hydrogen-bond donors (Lipinski definition) is 2. The molecule has 2 aromatic rings. The number of benzene rings is 2. The lowest BCUT2D eigenvalue weighted by atomic mass is 10.0. The van der Waals surface area contributed by atoms with Crippen LogP contribution in [-0.4, -0.2) is 52.1 Å². The van der Waals surface area contributed by atoms with E-state index in [1.54, 1.807) is 14.2 Å². The second-order valence-corrected chi connectivity index (χ2v) is 8.14. The summed E-state index contributed by atoms with van der Waals surface area (Å²) in [5.74, 6) is 3.64. The lowest BCUT2D eigenvalue weighted by Crippen LogP contribution is -2.21. The molecule has 0 amide bonds. The molecule has 0 bridgehead atoms. The summed E-state index contributed by atoms with van der Waals surface area (Å²) >= 11 is 3.54. The zero-order valence-corrected chi connectivity index (χ0v) is 20.1. The highest BCUT2D eigenvalue weighted by Crippen LogP contribution is 2.33. The van der Waals surface area contributed by atoms with E-state index in [1.807, 2.05) is 12.1 Å². The predicted molar refractivity (Wildman–Crippen MR) is 131 cm³/mol. The molecule has 31 heavy (non-hydrogen) atoms. The Labute approximate surface area is 193 Å². The van der Waals surface area contributed by atoms with Gasteiger partial charge in [0.25, 0.3) is 0 Å². The van der Waals surface area contributed by atoms with Crippen LogP contribution in [0.15, 0.2) is 50.9 Å². The predicted octanol–water partition coefficient (Wildman–Crippen LogP) is 3.80. The first-order valence-electron chi connectivity index (χ1n) is 10.7. The summed E-state index contributed by atoms with van der Waals surface area (Å²) in [6.07, 6.45) is 2.84. The zero-order chi connectivity index (χ0) is 22.1. The SMILES string of the molecule is CCc1ccccc1CC1=NCCN1.COc1cc(Br)c(CC2=NCCN2)cc1OC. The molecule has 2 aliphatic heterocycles. The molecule has 0 atom stereocenters. The first-order chi connectivity index (χ1) is 15.1. The lowest BCUT2D eigenvalue weighted by Gasteiger charge is -2.12. The fourth-order valence-corrected chi connectivity index (χ4v) is 4.06. The Morgan fingerprint density at radius 2 is 1.39 bits per heavy atom. The van der Waals surface area contributed by atoms with Crippen LogP contribution in [0.25, 0.3) is 0 Å². The van der Waals surface area contributed by atoms with Crippen LogP contribution in [0.5, 0.6) is 11.5 Å². The molecule has 2 aliphatic rings. The van der Waals surface area contributed by atoms with Gasteiger partial charge >= 0.3 is 0 Å². The summed E-state index contributed by atoms with van der Waals surface area (Å²) in [5, 5.41) is 6.56. The minimum absolute atomic E-state index is 0.726. The van der Waals surface area contributed by atoms with Crippen molar-refractivity contribution < 1.29 is 9.47 Å². The van der Waals surface area contributed by atoms with Crippen molar-refractivity contribution in [2.24, 2.45) is 9.98 Å². The van der Waals surface area contributed by atoms with Crippen LogP contribution >= 0.6 is 15.9 Å². The second kappa shape index (κ2) is 11.7. The number of aryl methyl sites for hydroxylation is 1. The highest BCUT2D eigenvalue weighted by atomic mass is 79.9. The molecule has 4 rings (SSSR count). The molecule has 0 aliphatic carbocycles. The van der Waals surface area contributed by atoms with Crippen LogP contribution in [0.3, 0.4) is 0 Å². The molecule has 0 saturated heterocycles. The third-order valence-corrected chi connectivity index (χ3v) is 5.99. The highest BCUT2D eigenvalue weighted by molar-refractivity contribution is 9.10. The van der Waals surface area contributed by atoms with Gasteiger partial charge in [0.05, 0.1) is 27.3 Å². The van der Waals surface area contributed by atoms with Gasteiger partial charge in [0, 0.05) is 30.4 Å². The van der Waals surface area contributed by atoms with E-state index in [-0.39, 0.29) is 0 Å². The van der Waals surface area contributed by atoms with Crippen LogP contribution in [0.1, 0.15) is 23.6 Å². The molecule has 0 saturated carbocycles. The summed E-state index contributed by atoms with van der Waals surface area (Å²) in [7, 11) is 3.27. The molecule has 0 aromatic heterocycles. The molecule has 0 unspecified atom stereocenters. The second-order valence-electron chi connectivity index (χ2n) is 7.28. The average Bonchev–Trinajstić information content (AvgIpc) is 3.50. The Morgan fingerprint density at radius 3 is 1.90 bits per heavy atom. The van der Waals surface area contributed by atoms with Gasteiger partial charge in [0.1, 0.15) is 11.7 Å². The summed E-state index contributed by atoms with van der Waals surface area (Å²) in [4.78, 5) is 8.79. The Balaban J connectivity index is 0.000000179. The Hall–Kier alpha value is -2.54. The molecular weight excluding hydrogens is 456 g/mol. The minimum atomic E-state index is 0.726. The fourth-order valence-electron chi connectivity index (χ4n) is 3.60. The number of ether oxygens (including phenoxy) is 2. The van der Waals surface area contributed by atoms with Crippen molar-refractivity contribution in [3.8, 4) is 11.5 Å². The molecular formula is C24H31BrN4O2. The van der Waals surface area contributed by atoms with Gasteiger partial charge in [-0.2, -0.15) is 0 Å². The van der Waals surface area contributed by atoms with Crippen molar-refractivity contribution in [3.05, 3.63) is 57.6 Å². The maximum absolute atomic E-state index is 5.29. The maximum Gasteiger partial charge on any atom is 0.161 e. The van der Waals surface area contributed by atoms with Crippen LogP contribution in [0, 0.1) is 0 Å².